The predicted molar refractivity (Wildman–Crippen MR) is 90.8 cm³/mol. The molecule has 1 aliphatic heterocycles. The first-order chi connectivity index (χ1) is 10.3. The summed E-state index contributed by atoms with van der Waals surface area (Å²) in [6.45, 7) is 2.88. The van der Waals surface area contributed by atoms with E-state index < -0.39 is 17.8 Å². The Morgan fingerprint density at radius 3 is 2.33 bits per heavy atom. The average molecular weight is 389 g/mol. The first-order valence-corrected chi connectivity index (χ1v) is 7.11. The summed E-state index contributed by atoms with van der Waals surface area (Å²) in [5.74, 6) is 0.330. The highest BCUT2D eigenvalue weighted by Crippen LogP contribution is 2.29. The minimum absolute atomic E-state index is 0. The van der Waals surface area contributed by atoms with Gasteiger partial charge in [-0.25, -0.2) is 4.98 Å². The van der Waals surface area contributed by atoms with Crippen LogP contribution in [0.5, 0.6) is 0 Å². The van der Waals surface area contributed by atoms with Crippen molar-refractivity contribution in [2.24, 2.45) is 5.73 Å². The Morgan fingerprint density at radius 2 is 1.92 bits per heavy atom. The summed E-state index contributed by atoms with van der Waals surface area (Å²) in [4.78, 5) is 17.3. The molecule has 24 heavy (non-hydrogen) atoms. The number of nitrogens with one attached hydrogen (secondary N) is 1. The average Bonchev–Trinajstić information content (AvgIpc) is 2.47. The first-order valence-electron chi connectivity index (χ1n) is 7.11. The van der Waals surface area contributed by atoms with Crippen LogP contribution in [0.15, 0.2) is 18.3 Å². The van der Waals surface area contributed by atoms with Crippen LogP contribution in [0.2, 0.25) is 0 Å². The van der Waals surface area contributed by atoms with Crippen molar-refractivity contribution >= 4 is 36.5 Å². The molecule has 0 aliphatic carbocycles. The van der Waals surface area contributed by atoms with Gasteiger partial charge in [-0.3, -0.25) is 4.79 Å². The number of piperidine rings is 1. The minimum Gasteiger partial charge on any atom is -0.356 e. The number of nitrogens with two attached hydrogens (primary N) is 1. The summed E-state index contributed by atoms with van der Waals surface area (Å²) >= 11 is 0. The van der Waals surface area contributed by atoms with E-state index in [0.717, 1.165) is 12.3 Å². The smallest absolute Gasteiger partial charge is 0.356 e. The molecule has 3 N–H and O–H groups in total. The Morgan fingerprint density at radius 1 is 1.33 bits per heavy atom. The summed E-state index contributed by atoms with van der Waals surface area (Å²) in [5, 5.41) is 2.86. The Balaban J connectivity index is 0.00000264. The molecular weight excluding hydrogens is 368 g/mol. The van der Waals surface area contributed by atoms with Gasteiger partial charge in [0, 0.05) is 25.3 Å². The Bertz CT molecular complexity index is 518. The minimum atomic E-state index is -4.37. The molecule has 2 heterocycles. The highest BCUT2D eigenvalue weighted by atomic mass is 35.5. The molecule has 0 bridgehead atoms. The number of alkyl halides is 3. The molecule has 1 aromatic rings. The van der Waals surface area contributed by atoms with E-state index in [4.69, 9.17) is 5.73 Å². The van der Waals surface area contributed by atoms with Gasteiger partial charge in [-0.15, -0.1) is 24.8 Å². The molecule has 5 nitrogen and oxygen atoms in total. The number of aromatic nitrogens is 1. The van der Waals surface area contributed by atoms with Crippen molar-refractivity contribution in [1.82, 2.24) is 10.3 Å². The molecule has 2 rings (SSSR count). The zero-order chi connectivity index (χ0) is 16.3. The van der Waals surface area contributed by atoms with Gasteiger partial charge in [0.15, 0.2) is 0 Å². The van der Waals surface area contributed by atoms with E-state index in [-0.39, 0.29) is 36.8 Å². The molecule has 1 saturated heterocycles. The monoisotopic (exact) mass is 388 g/mol. The summed E-state index contributed by atoms with van der Waals surface area (Å²) < 4.78 is 37.5. The van der Waals surface area contributed by atoms with Gasteiger partial charge in [-0.05, 0) is 31.9 Å². The summed E-state index contributed by atoms with van der Waals surface area (Å²) in [5.41, 5.74) is 4.74. The fourth-order valence-electron chi connectivity index (χ4n) is 2.33. The van der Waals surface area contributed by atoms with Gasteiger partial charge >= 0.3 is 6.18 Å². The molecule has 0 saturated carbocycles. The lowest BCUT2D eigenvalue weighted by Crippen LogP contribution is -2.49. The molecular formula is C14H21Cl2F3N4O. The van der Waals surface area contributed by atoms with E-state index in [1.54, 1.807) is 6.92 Å². The summed E-state index contributed by atoms with van der Waals surface area (Å²) in [7, 11) is 0. The number of carbonyl (C=O) groups is 1. The van der Waals surface area contributed by atoms with Crippen LogP contribution in [0.4, 0.5) is 19.0 Å². The van der Waals surface area contributed by atoms with E-state index in [0.29, 0.717) is 31.7 Å². The molecule has 138 valence electrons. The standard InChI is InChI=1S/C14H19F3N4O.2ClH/c1-9(18)13(22)20-11-4-6-21(7-5-11)12-3-2-10(8-19-12)14(15,16)17;;/h2-3,8-9,11H,4-7,18H2,1H3,(H,20,22);2*1H/t9-;;/m1../s1. The Kier molecular flexibility index (Phi) is 8.81. The lowest BCUT2D eigenvalue weighted by atomic mass is 10.0. The summed E-state index contributed by atoms with van der Waals surface area (Å²) in [6, 6.07) is 1.91. The van der Waals surface area contributed by atoms with Crippen LogP contribution in [-0.4, -0.2) is 36.1 Å². The third-order valence-corrected chi connectivity index (χ3v) is 3.65. The molecule has 0 radical (unpaired) electrons. The molecule has 1 aliphatic rings. The number of carbonyl (C=O) groups excluding carboxylic acids is 1. The van der Waals surface area contributed by atoms with Crippen molar-refractivity contribution in [2.75, 3.05) is 18.0 Å². The van der Waals surface area contributed by atoms with Crippen molar-refractivity contribution in [2.45, 2.75) is 38.0 Å². The Hall–Kier alpha value is -1.25. The molecule has 1 fully saturated rings. The number of nitrogens with zero attached hydrogens (tertiary/aromatic N) is 2. The maximum atomic E-state index is 12.5. The van der Waals surface area contributed by atoms with Crippen LogP contribution >= 0.6 is 24.8 Å². The second kappa shape index (κ2) is 9.29. The molecule has 0 spiro atoms. The van der Waals surface area contributed by atoms with Crippen molar-refractivity contribution in [1.29, 1.82) is 0 Å². The number of anilines is 1. The SMILES string of the molecule is C[C@@H](N)C(=O)NC1CCN(c2ccc(C(F)(F)F)cn2)CC1.Cl.Cl. The van der Waals surface area contributed by atoms with Gasteiger partial charge in [0.05, 0.1) is 11.6 Å². The van der Waals surface area contributed by atoms with Crippen molar-refractivity contribution in [3.05, 3.63) is 23.9 Å². The first kappa shape index (κ1) is 22.8. The number of pyridine rings is 1. The highest BCUT2D eigenvalue weighted by Gasteiger charge is 2.31. The second-order valence-corrected chi connectivity index (χ2v) is 5.46. The molecule has 10 heteroatoms. The van der Waals surface area contributed by atoms with Crippen molar-refractivity contribution in [3.63, 3.8) is 0 Å². The van der Waals surface area contributed by atoms with Gasteiger partial charge in [0.1, 0.15) is 5.82 Å². The maximum absolute atomic E-state index is 12.5. The van der Waals surface area contributed by atoms with Crippen LogP contribution in [-0.2, 0) is 11.0 Å². The normalized spacial score (nSPS) is 16.6. The third-order valence-electron chi connectivity index (χ3n) is 3.65. The predicted octanol–water partition coefficient (Wildman–Crippen LogP) is 2.38. The van der Waals surface area contributed by atoms with Gasteiger partial charge in [0.25, 0.3) is 0 Å². The Labute approximate surface area is 151 Å². The zero-order valence-corrected chi connectivity index (χ0v) is 14.7. The highest BCUT2D eigenvalue weighted by molar-refractivity contribution is 5.85. The van der Waals surface area contributed by atoms with Gasteiger partial charge in [-0.1, -0.05) is 0 Å². The number of amides is 1. The quantitative estimate of drug-likeness (QED) is 0.833. The molecule has 0 unspecified atom stereocenters. The number of hydrogen-bond donors (Lipinski definition) is 2. The van der Waals surface area contributed by atoms with E-state index in [1.807, 2.05) is 4.90 Å². The number of rotatable bonds is 3. The van der Waals surface area contributed by atoms with Crippen LogP contribution in [0.25, 0.3) is 0 Å². The maximum Gasteiger partial charge on any atom is 0.417 e. The van der Waals surface area contributed by atoms with Crippen LogP contribution < -0.4 is 16.0 Å². The van der Waals surface area contributed by atoms with Gasteiger partial charge in [-0.2, -0.15) is 13.2 Å². The zero-order valence-electron chi connectivity index (χ0n) is 13.0. The molecule has 0 aromatic carbocycles. The van der Waals surface area contributed by atoms with Crippen LogP contribution in [0.3, 0.4) is 0 Å². The second-order valence-electron chi connectivity index (χ2n) is 5.46. The number of hydrogen-bond acceptors (Lipinski definition) is 4. The van der Waals surface area contributed by atoms with Crippen molar-refractivity contribution < 1.29 is 18.0 Å². The lowest BCUT2D eigenvalue weighted by Gasteiger charge is -2.33. The molecule has 1 atom stereocenters. The van der Waals surface area contributed by atoms with Crippen molar-refractivity contribution in [3.8, 4) is 0 Å². The van der Waals surface area contributed by atoms with Gasteiger partial charge < -0.3 is 16.0 Å². The molecule has 1 aromatic heterocycles. The summed E-state index contributed by atoms with van der Waals surface area (Å²) in [6.07, 6.45) is -2.11. The molecule has 1 amide bonds. The van der Waals surface area contributed by atoms with E-state index >= 15 is 0 Å². The van der Waals surface area contributed by atoms with E-state index in [2.05, 4.69) is 10.3 Å². The van der Waals surface area contributed by atoms with E-state index in [9.17, 15) is 18.0 Å². The lowest BCUT2D eigenvalue weighted by molar-refractivity contribution is -0.137. The fraction of sp³-hybridized carbons (Fsp3) is 0.571. The topological polar surface area (TPSA) is 71.2 Å². The third kappa shape index (κ3) is 5.99. The van der Waals surface area contributed by atoms with E-state index in [1.165, 1.54) is 6.07 Å². The largest absolute Gasteiger partial charge is 0.417 e. The van der Waals surface area contributed by atoms with Crippen LogP contribution in [0.1, 0.15) is 25.3 Å². The van der Waals surface area contributed by atoms with Crippen LogP contribution in [0, 0.1) is 0 Å². The number of halogens is 5. The fourth-order valence-corrected chi connectivity index (χ4v) is 2.33. The van der Waals surface area contributed by atoms with Gasteiger partial charge in [0.2, 0.25) is 5.91 Å².